The van der Waals surface area contributed by atoms with Gasteiger partial charge in [0, 0.05) is 0 Å². The fourth-order valence-electron chi connectivity index (χ4n) is 1.73. The quantitative estimate of drug-likeness (QED) is 0.709. The van der Waals surface area contributed by atoms with E-state index in [1.807, 2.05) is 0 Å². The Bertz CT molecular complexity index is 313. The van der Waals surface area contributed by atoms with E-state index in [9.17, 15) is 0 Å². The van der Waals surface area contributed by atoms with Crippen molar-refractivity contribution in [1.29, 1.82) is 0 Å². The van der Waals surface area contributed by atoms with Gasteiger partial charge in [0.15, 0.2) is 0 Å². The first-order valence-corrected chi connectivity index (χ1v) is 5.46. The predicted octanol–water partition coefficient (Wildman–Crippen LogP) is 3.48. The largest absolute Gasteiger partial charge is 0.493 e. The van der Waals surface area contributed by atoms with Gasteiger partial charge in [0.1, 0.15) is 5.75 Å². The van der Waals surface area contributed by atoms with Crippen LogP contribution in [0.3, 0.4) is 0 Å². The minimum absolute atomic E-state index is 0.815. The Morgan fingerprint density at radius 3 is 2.71 bits per heavy atom. The molecule has 0 heterocycles. The summed E-state index contributed by atoms with van der Waals surface area (Å²) in [5.74, 6) is 1.88. The van der Waals surface area contributed by atoms with Crippen molar-refractivity contribution in [2.75, 3.05) is 6.61 Å². The van der Waals surface area contributed by atoms with Gasteiger partial charge in [-0.05, 0) is 49.8 Å². The molecule has 0 aromatic heterocycles. The molecule has 1 heteroatoms. The summed E-state index contributed by atoms with van der Waals surface area (Å²) in [7, 11) is 0. The van der Waals surface area contributed by atoms with Gasteiger partial charge >= 0.3 is 0 Å². The lowest BCUT2D eigenvalue weighted by Crippen LogP contribution is -2.19. The zero-order valence-electron chi connectivity index (χ0n) is 9.05. The normalized spacial score (nSPS) is 16.4. The van der Waals surface area contributed by atoms with Crippen molar-refractivity contribution in [3.63, 3.8) is 0 Å². The average molecular weight is 190 g/mol. The smallest absolute Gasteiger partial charge is 0.122 e. The zero-order valence-corrected chi connectivity index (χ0v) is 9.05. The monoisotopic (exact) mass is 190 g/mol. The highest BCUT2D eigenvalue weighted by Crippen LogP contribution is 2.28. The first-order valence-electron chi connectivity index (χ1n) is 5.46. The van der Waals surface area contributed by atoms with E-state index in [4.69, 9.17) is 4.74 Å². The van der Waals surface area contributed by atoms with Crippen LogP contribution in [0.5, 0.6) is 5.75 Å². The van der Waals surface area contributed by atoms with Crippen LogP contribution >= 0.6 is 0 Å². The molecular weight excluding hydrogens is 172 g/mol. The van der Waals surface area contributed by atoms with Gasteiger partial charge in [0.25, 0.3) is 0 Å². The van der Waals surface area contributed by atoms with E-state index < -0.39 is 0 Å². The van der Waals surface area contributed by atoms with Crippen LogP contribution in [-0.4, -0.2) is 6.61 Å². The molecule has 14 heavy (non-hydrogen) atoms. The summed E-state index contributed by atoms with van der Waals surface area (Å²) in [5.41, 5.74) is 2.52. The Kier molecular flexibility index (Phi) is 2.76. The Hall–Kier alpha value is -0.980. The lowest BCUT2D eigenvalue weighted by atomic mass is 9.86. The lowest BCUT2D eigenvalue weighted by molar-refractivity contribution is 0.180. The molecular formula is C13H18O. The maximum atomic E-state index is 5.82. The van der Waals surface area contributed by atoms with Crippen LogP contribution in [0.2, 0.25) is 0 Å². The molecule has 1 aliphatic carbocycles. The Balaban J connectivity index is 1.96. The molecule has 0 unspecified atom stereocenters. The first-order chi connectivity index (χ1) is 6.75. The van der Waals surface area contributed by atoms with E-state index in [-0.39, 0.29) is 0 Å². The number of benzene rings is 1. The van der Waals surface area contributed by atoms with Crippen LogP contribution < -0.4 is 4.74 Å². The van der Waals surface area contributed by atoms with Crippen molar-refractivity contribution in [3.8, 4) is 5.75 Å². The predicted molar refractivity (Wildman–Crippen MR) is 58.8 cm³/mol. The van der Waals surface area contributed by atoms with Gasteiger partial charge in [-0.15, -0.1) is 0 Å². The molecule has 0 radical (unpaired) electrons. The molecule has 76 valence electrons. The van der Waals surface area contributed by atoms with Crippen LogP contribution in [0, 0.1) is 19.8 Å². The average Bonchev–Trinajstić information content (AvgIpc) is 2.08. The van der Waals surface area contributed by atoms with E-state index in [2.05, 4.69) is 32.0 Å². The summed E-state index contributed by atoms with van der Waals surface area (Å²) in [5, 5.41) is 0. The topological polar surface area (TPSA) is 9.23 Å². The van der Waals surface area contributed by atoms with E-state index in [1.165, 1.54) is 30.4 Å². The maximum Gasteiger partial charge on any atom is 0.122 e. The molecule has 1 aromatic rings. The highest BCUT2D eigenvalue weighted by Gasteiger charge is 2.18. The molecule has 1 nitrogen and oxygen atoms in total. The third kappa shape index (κ3) is 2.09. The van der Waals surface area contributed by atoms with Crippen LogP contribution in [0.4, 0.5) is 0 Å². The molecule has 1 fully saturated rings. The van der Waals surface area contributed by atoms with Crippen molar-refractivity contribution in [2.45, 2.75) is 33.1 Å². The van der Waals surface area contributed by atoms with E-state index >= 15 is 0 Å². The zero-order chi connectivity index (χ0) is 9.97. The van der Waals surface area contributed by atoms with Crippen molar-refractivity contribution >= 4 is 0 Å². The third-order valence-corrected chi connectivity index (χ3v) is 3.04. The van der Waals surface area contributed by atoms with E-state index in [0.29, 0.717) is 0 Å². The third-order valence-electron chi connectivity index (χ3n) is 3.04. The van der Waals surface area contributed by atoms with Crippen LogP contribution in [0.15, 0.2) is 18.2 Å². The standard InChI is InChI=1S/C13H18O/c1-10-6-7-11(2)13(8-10)14-9-12-4-3-5-12/h6-8,12H,3-5,9H2,1-2H3. The Morgan fingerprint density at radius 2 is 2.07 bits per heavy atom. The summed E-state index contributed by atoms with van der Waals surface area (Å²) in [6.07, 6.45) is 4.09. The molecule has 1 aliphatic rings. The van der Waals surface area contributed by atoms with Gasteiger partial charge in [-0.3, -0.25) is 0 Å². The molecule has 1 aromatic carbocycles. The summed E-state index contributed by atoms with van der Waals surface area (Å²) >= 11 is 0. The van der Waals surface area contributed by atoms with E-state index in [1.54, 1.807) is 0 Å². The highest BCUT2D eigenvalue weighted by molar-refractivity contribution is 5.35. The summed E-state index contributed by atoms with van der Waals surface area (Å²) in [6.45, 7) is 5.12. The number of hydrogen-bond donors (Lipinski definition) is 0. The summed E-state index contributed by atoms with van der Waals surface area (Å²) in [4.78, 5) is 0. The fraction of sp³-hybridized carbons (Fsp3) is 0.538. The van der Waals surface area contributed by atoms with Gasteiger partial charge in [-0.25, -0.2) is 0 Å². The molecule has 0 amide bonds. The second kappa shape index (κ2) is 4.04. The molecule has 0 atom stereocenters. The Morgan fingerprint density at radius 1 is 1.29 bits per heavy atom. The first kappa shape index (κ1) is 9.57. The van der Waals surface area contributed by atoms with Crippen LogP contribution in [0.25, 0.3) is 0 Å². The van der Waals surface area contributed by atoms with E-state index in [0.717, 1.165) is 18.3 Å². The summed E-state index contributed by atoms with van der Waals surface area (Å²) in [6, 6.07) is 6.39. The molecule has 2 rings (SSSR count). The maximum absolute atomic E-state index is 5.82. The van der Waals surface area contributed by atoms with Gasteiger partial charge in [-0.1, -0.05) is 18.6 Å². The molecule has 0 saturated heterocycles. The molecule has 1 saturated carbocycles. The number of hydrogen-bond acceptors (Lipinski definition) is 1. The fourth-order valence-corrected chi connectivity index (χ4v) is 1.73. The molecule has 0 bridgehead atoms. The van der Waals surface area contributed by atoms with Gasteiger partial charge in [0.2, 0.25) is 0 Å². The summed E-state index contributed by atoms with van der Waals surface area (Å²) < 4.78 is 5.82. The molecule has 0 aliphatic heterocycles. The van der Waals surface area contributed by atoms with Gasteiger partial charge < -0.3 is 4.74 Å². The van der Waals surface area contributed by atoms with Gasteiger partial charge in [-0.2, -0.15) is 0 Å². The number of rotatable bonds is 3. The Labute approximate surface area is 86.1 Å². The highest BCUT2D eigenvalue weighted by atomic mass is 16.5. The van der Waals surface area contributed by atoms with Crippen molar-refractivity contribution in [2.24, 2.45) is 5.92 Å². The second-order valence-corrected chi connectivity index (χ2v) is 4.38. The van der Waals surface area contributed by atoms with Crippen LogP contribution in [0.1, 0.15) is 30.4 Å². The van der Waals surface area contributed by atoms with Crippen molar-refractivity contribution in [3.05, 3.63) is 29.3 Å². The number of ether oxygens (including phenoxy) is 1. The minimum atomic E-state index is 0.815. The van der Waals surface area contributed by atoms with Crippen molar-refractivity contribution < 1.29 is 4.74 Å². The second-order valence-electron chi connectivity index (χ2n) is 4.38. The lowest BCUT2D eigenvalue weighted by Gasteiger charge is -2.25. The number of aryl methyl sites for hydroxylation is 2. The van der Waals surface area contributed by atoms with Gasteiger partial charge in [0.05, 0.1) is 6.61 Å². The van der Waals surface area contributed by atoms with Crippen LogP contribution in [-0.2, 0) is 0 Å². The SMILES string of the molecule is Cc1ccc(C)c(OCC2CCC2)c1. The van der Waals surface area contributed by atoms with Crippen molar-refractivity contribution in [1.82, 2.24) is 0 Å². The minimum Gasteiger partial charge on any atom is -0.493 e. The molecule has 0 spiro atoms. The molecule has 0 N–H and O–H groups in total.